The Labute approximate surface area is 60.2 Å². The van der Waals surface area contributed by atoms with Crippen LogP contribution in [0.4, 0.5) is 0 Å². The van der Waals surface area contributed by atoms with Gasteiger partial charge in [0.25, 0.3) is 0 Å². The van der Waals surface area contributed by atoms with Crippen LogP contribution in [-0.4, -0.2) is 24.0 Å². The number of rotatable bonds is 0. The lowest BCUT2D eigenvalue weighted by molar-refractivity contribution is -0.124. The zero-order valence-electron chi connectivity index (χ0n) is 6.11. The molecule has 1 aliphatic heterocycles. The van der Waals surface area contributed by atoms with E-state index < -0.39 is 0 Å². The Morgan fingerprint density at radius 1 is 1.60 bits per heavy atom. The number of hydrogen-bond donors (Lipinski definition) is 2. The summed E-state index contributed by atoms with van der Waals surface area (Å²) in [5.41, 5.74) is 0.299. The second kappa shape index (κ2) is 1.72. The van der Waals surface area contributed by atoms with E-state index >= 15 is 0 Å². The molecule has 10 heavy (non-hydrogen) atoms. The fourth-order valence-electron chi connectivity index (χ4n) is 1.46. The van der Waals surface area contributed by atoms with Crippen molar-refractivity contribution in [1.82, 2.24) is 10.6 Å². The van der Waals surface area contributed by atoms with Crippen LogP contribution in [-0.2, 0) is 4.79 Å². The largest absolute Gasteiger partial charge is 0.353 e. The van der Waals surface area contributed by atoms with Crippen molar-refractivity contribution in [1.29, 1.82) is 0 Å². The summed E-state index contributed by atoms with van der Waals surface area (Å²) in [6.45, 7) is 2.74. The zero-order chi connectivity index (χ0) is 7.19. The molecule has 1 spiro atoms. The highest BCUT2D eigenvalue weighted by Gasteiger charge is 2.46. The summed E-state index contributed by atoms with van der Waals surface area (Å²) in [4.78, 5) is 10.9. The first-order chi connectivity index (χ1) is 4.72. The summed E-state index contributed by atoms with van der Waals surface area (Å²) in [5.74, 6) is 0.137. The Balaban J connectivity index is 2.04. The number of amides is 1. The van der Waals surface area contributed by atoms with Gasteiger partial charge in [0.2, 0.25) is 5.91 Å². The molecule has 3 nitrogen and oxygen atoms in total. The van der Waals surface area contributed by atoms with E-state index in [4.69, 9.17) is 0 Å². The van der Waals surface area contributed by atoms with Gasteiger partial charge in [-0.25, -0.2) is 0 Å². The van der Waals surface area contributed by atoms with Gasteiger partial charge in [-0.2, -0.15) is 0 Å². The van der Waals surface area contributed by atoms with Crippen molar-refractivity contribution >= 4 is 5.91 Å². The van der Waals surface area contributed by atoms with Crippen LogP contribution in [0.5, 0.6) is 0 Å². The second-order valence-corrected chi connectivity index (χ2v) is 3.36. The summed E-state index contributed by atoms with van der Waals surface area (Å²) in [7, 11) is 0. The van der Waals surface area contributed by atoms with Crippen LogP contribution in [0, 0.1) is 0 Å². The molecule has 2 fully saturated rings. The van der Waals surface area contributed by atoms with E-state index in [2.05, 4.69) is 10.6 Å². The summed E-state index contributed by atoms with van der Waals surface area (Å²) in [5, 5.41) is 6.19. The summed E-state index contributed by atoms with van der Waals surface area (Å²) < 4.78 is 0. The van der Waals surface area contributed by atoms with Crippen LogP contribution < -0.4 is 10.6 Å². The van der Waals surface area contributed by atoms with E-state index in [0.717, 1.165) is 6.54 Å². The molecule has 1 aliphatic carbocycles. The van der Waals surface area contributed by atoms with Crippen LogP contribution >= 0.6 is 0 Å². The van der Waals surface area contributed by atoms with E-state index in [9.17, 15) is 4.79 Å². The molecule has 56 valence electrons. The summed E-state index contributed by atoms with van der Waals surface area (Å²) in [6, 6.07) is 0.0104. The van der Waals surface area contributed by atoms with Crippen LogP contribution in [0.25, 0.3) is 0 Å². The van der Waals surface area contributed by atoms with Crippen LogP contribution in [0.1, 0.15) is 19.8 Å². The minimum Gasteiger partial charge on any atom is -0.353 e. The van der Waals surface area contributed by atoms with E-state index in [1.54, 1.807) is 0 Å². The standard InChI is InChI=1S/C7H12N2O/c1-5-6(10)8-4-7(9-5)2-3-7/h5,9H,2-4H2,1H3,(H,8,10)/t5-/m1/s1. The highest BCUT2D eigenvalue weighted by molar-refractivity contribution is 5.82. The van der Waals surface area contributed by atoms with Gasteiger partial charge < -0.3 is 5.32 Å². The number of piperazine rings is 1. The van der Waals surface area contributed by atoms with Crippen LogP contribution in [0.3, 0.4) is 0 Å². The lowest BCUT2D eigenvalue weighted by Crippen LogP contribution is -2.58. The number of carbonyl (C=O) groups excluding carboxylic acids is 1. The third-order valence-electron chi connectivity index (χ3n) is 2.37. The minimum absolute atomic E-state index is 0.0104. The molecule has 1 amide bonds. The van der Waals surface area contributed by atoms with Crippen molar-refractivity contribution in [2.45, 2.75) is 31.3 Å². The van der Waals surface area contributed by atoms with Gasteiger partial charge in [0.05, 0.1) is 6.04 Å². The molecular formula is C7H12N2O. The van der Waals surface area contributed by atoms with Crippen molar-refractivity contribution in [2.24, 2.45) is 0 Å². The number of carbonyl (C=O) groups is 1. The van der Waals surface area contributed by atoms with Gasteiger partial charge >= 0.3 is 0 Å². The molecule has 3 heteroatoms. The third-order valence-corrected chi connectivity index (χ3v) is 2.37. The maximum atomic E-state index is 10.9. The molecule has 2 rings (SSSR count). The molecule has 0 aromatic heterocycles. The Bertz CT molecular complexity index is 174. The lowest BCUT2D eigenvalue weighted by atomic mass is 10.1. The zero-order valence-corrected chi connectivity index (χ0v) is 6.11. The Morgan fingerprint density at radius 3 is 2.80 bits per heavy atom. The quantitative estimate of drug-likeness (QED) is 0.482. The first-order valence-corrected chi connectivity index (χ1v) is 3.77. The highest BCUT2D eigenvalue weighted by Crippen LogP contribution is 2.36. The number of nitrogens with one attached hydrogen (secondary N) is 2. The Morgan fingerprint density at radius 2 is 2.30 bits per heavy atom. The van der Waals surface area contributed by atoms with Crippen molar-refractivity contribution in [2.75, 3.05) is 6.54 Å². The smallest absolute Gasteiger partial charge is 0.236 e. The van der Waals surface area contributed by atoms with E-state index in [1.807, 2.05) is 6.92 Å². The molecule has 1 heterocycles. The molecule has 0 aromatic carbocycles. The van der Waals surface area contributed by atoms with E-state index in [1.165, 1.54) is 12.8 Å². The van der Waals surface area contributed by atoms with Gasteiger partial charge in [0.1, 0.15) is 0 Å². The highest BCUT2D eigenvalue weighted by atomic mass is 16.2. The normalized spacial score (nSPS) is 35.7. The van der Waals surface area contributed by atoms with Crippen LogP contribution in [0.2, 0.25) is 0 Å². The van der Waals surface area contributed by atoms with Gasteiger partial charge in [-0.3, -0.25) is 10.1 Å². The first kappa shape index (κ1) is 6.16. The van der Waals surface area contributed by atoms with E-state index in [0.29, 0.717) is 5.54 Å². The van der Waals surface area contributed by atoms with Crippen molar-refractivity contribution in [3.05, 3.63) is 0 Å². The van der Waals surface area contributed by atoms with Crippen LogP contribution in [0.15, 0.2) is 0 Å². The first-order valence-electron chi connectivity index (χ1n) is 3.77. The fourth-order valence-corrected chi connectivity index (χ4v) is 1.46. The maximum absolute atomic E-state index is 10.9. The van der Waals surface area contributed by atoms with Crippen molar-refractivity contribution in [3.63, 3.8) is 0 Å². The predicted octanol–water partition coefficient (Wildman–Crippen LogP) is -0.373. The summed E-state index contributed by atoms with van der Waals surface area (Å²) >= 11 is 0. The monoisotopic (exact) mass is 140 g/mol. The molecule has 0 unspecified atom stereocenters. The topological polar surface area (TPSA) is 41.1 Å². The SMILES string of the molecule is C[C@H]1NC2(CC2)CNC1=O. The Hall–Kier alpha value is -0.570. The van der Waals surface area contributed by atoms with Gasteiger partial charge in [-0.05, 0) is 19.8 Å². The lowest BCUT2D eigenvalue weighted by Gasteiger charge is -2.28. The predicted molar refractivity (Wildman–Crippen MR) is 37.6 cm³/mol. The van der Waals surface area contributed by atoms with Crippen molar-refractivity contribution < 1.29 is 4.79 Å². The molecule has 1 atom stereocenters. The third kappa shape index (κ3) is 0.814. The molecule has 2 aliphatic rings. The molecular weight excluding hydrogens is 128 g/mol. The van der Waals surface area contributed by atoms with Gasteiger partial charge in [0.15, 0.2) is 0 Å². The molecule has 1 saturated carbocycles. The second-order valence-electron chi connectivity index (χ2n) is 3.36. The minimum atomic E-state index is 0.0104. The molecule has 0 radical (unpaired) electrons. The van der Waals surface area contributed by atoms with Gasteiger partial charge in [-0.1, -0.05) is 0 Å². The Kier molecular flexibility index (Phi) is 1.06. The van der Waals surface area contributed by atoms with Gasteiger partial charge in [0, 0.05) is 12.1 Å². The van der Waals surface area contributed by atoms with Gasteiger partial charge in [-0.15, -0.1) is 0 Å². The van der Waals surface area contributed by atoms with Crippen molar-refractivity contribution in [3.8, 4) is 0 Å². The maximum Gasteiger partial charge on any atom is 0.236 e. The average Bonchev–Trinajstić information content (AvgIpc) is 2.62. The molecule has 0 bridgehead atoms. The van der Waals surface area contributed by atoms with E-state index in [-0.39, 0.29) is 11.9 Å². The summed E-state index contributed by atoms with van der Waals surface area (Å²) in [6.07, 6.45) is 2.44. The molecule has 1 saturated heterocycles. The molecule has 2 N–H and O–H groups in total. The average molecular weight is 140 g/mol. The molecule has 0 aromatic rings. The number of hydrogen-bond acceptors (Lipinski definition) is 2. The fraction of sp³-hybridized carbons (Fsp3) is 0.857.